The van der Waals surface area contributed by atoms with Gasteiger partial charge in [0.15, 0.2) is 0 Å². The van der Waals surface area contributed by atoms with E-state index in [1.165, 1.54) is 6.42 Å². The molecule has 0 aromatic carbocycles. The van der Waals surface area contributed by atoms with Gasteiger partial charge in [-0.2, -0.15) is 0 Å². The van der Waals surface area contributed by atoms with Crippen LogP contribution >= 0.6 is 0 Å². The summed E-state index contributed by atoms with van der Waals surface area (Å²) in [7, 11) is 0. The van der Waals surface area contributed by atoms with E-state index < -0.39 is 0 Å². The van der Waals surface area contributed by atoms with E-state index in [1.807, 2.05) is 4.57 Å². The molecular formula is C11H18N4O. The van der Waals surface area contributed by atoms with E-state index >= 15 is 0 Å². The third-order valence-electron chi connectivity index (χ3n) is 3.13. The lowest BCUT2D eigenvalue weighted by atomic mass is 9.78. The molecule has 0 aliphatic heterocycles. The number of imidazole rings is 1. The molecule has 0 unspecified atom stereocenters. The number of hydrogen-bond donors (Lipinski definition) is 2. The number of amides is 1. The quantitative estimate of drug-likeness (QED) is 0.779. The summed E-state index contributed by atoms with van der Waals surface area (Å²) in [6.45, 7) is 3.32. The highest BCUT2D eigenvalue weighted by atomic mass is 16.2. The smallest absolute Gasteiger partial charge is 0.271 e. The topological polar surface area (TPSA) is 72.9 Å². The van der Waals surface area contributed by atoms with Gasteiger partial charge in [0.25, 0.3) is 5.91 Å². The molecule has 0 saturated heterocycles. The highest BCUT2D eigenvalue weighted by Gasteiger charge is 2.33. The summed E-state index contributed by atoms with van der Waals surface area (Å²) in [5.74, 6) is -0.0852. The summed E-state index contributed by atoms with van der Waals surface area (Å²) in [4.78, 5) is 15.9. The van der Waals surface area contributed by atoms with Gasteiger partial charge in [0.05, 0.1) is 6.33 Å². The Labute approximate surface area is 95.0 Å². The predicted octanol–water partition coefficient (Wildman–Crippen LogP) is 0.514. The molecule has 0 atom stereocenters. The number of nitrogens with two attached hydrogens (primary N) is 1. The van der Waals surface area contributed by atoms with Gasteiger partial charge in [-0.15, -0.1) is 0 Å². The highest BCUT2D eigenvalue weighted by Crippen LogP contribution is 2.31. The maximum atomic E-state index is 11.9. The lowest BCUT2D eigenvalue weighted by Crippen LogP contribution is -2.51. The Balaban J connectivity index is 1.97. The molecule has 1 aromatic heterocycles. The Morgan fingerprint density at radius 2 is 2.44 bits per heavy atom. The molecule has 1 aliphatic carbocycles. The molecule has 1 heterocycles. The van der Waals surface area contributed by atoms with Gasteiger partial charge in [0.1, 0.15) is 5.69 Å². The summed E-state index contributed by atoms with van der Waals surface area (Å²) >= 11 is 0. The summed E-state index contributed by atoms with van der Waals surface area (Å²) in [5.41, 5.74) is 5.88. The van der Waals surface area contributed by atoms with E-state index in [-0.39, 0.29) is 11.4 Å². The van der Waals surface area contributed by atoms with Gasteiger partial charge >= 0.3 is 0 Å². The summed E-state index contributed by atoms with van der Waals surface area (Å²) < 4.78 is 1.83. The van der Waals surface area contributed by atoms with Crippen molar-refractivity contribution in [3.05, 3.63) is 18.2 Å². The third-order valence-corrected chi connectivity index (χ3v) is 3.13. The largest absolute Gasteiger partial charge is 0.345 e. The Hall–Kier alpha value is -1.36. The Bertz CT molecular complexity index is 381. The van der Waals surface area contributed by atoms with Crippen molar-refractivity contribution >= 4 is 5.91 Å². The Morgan fingerprint density at radius 3 is 3.00 bits per heavy atom. The number of nitrogens with zero attached hydrogens (tertiary/aromatic N) is 2. The van der Waals surface area contributed by atoms with Crippen molar-refractivity contribution in [3.63, 3.8) is 0 Å². The second kappa shape index (κ2) is 4.25. The van der Waals surface area contributed by atoms with Crippen LogP contribution in [0.3, 0.4) is 0 Å². The van der Waals surface area contributed by atoms with Crippen LogP contribution in [-0.4, -0.2) is 27.5 Å². The first-order valence-electron chi connectivity index (χ1n) is 5.67. The fourth-order valence-corrected chi connectivity index (χ4v) is 1.92. The monoisotopic (exact) mass is 222 g/mol. The molecule has 16 heavy (non-hydrogen) atoms. The number of carbonyl (C=O) groups excluding carboxylic acids is 1. The molecule has 5 heteroatoms. The van der Waals surface area contributed by atoms with Crippen molar-refractivity contribution < 1.29 is 4.79 Å². The van der Waals surface area contributed by atoms with Crippen LogP contribution in [0.15, 0.2) is 12.5 Å². The zero-order chi connectivity index (χ0) is 11.6. The molecule has 88 valence electrons. The molecule has 1 saturated carbocycles. The van der Waals surface area contributed by atoms with Gasteiger partial charge in [-0.25, -0.2) is 4.98 Å². The molecular weight excluding hydrogens is 204 g/mol. The molecule has 2 rings (SSSR count). The normalized spacial score (nSPS) is 17.9. The first-order valence-corrected chi connectivity index (χ1v) is 5.67. The molecule has 1 fully saturated rings. The average molecular weight is 222 g/mol. The van der Waals surface area contributed by atoms with Crippen LogP contribution in [0.2, 0.25) is 0 Å². The number of carbonyl (C=O) groups is 1. The van der Waals surface area contributed by atoms with E-state index in [0.717, 1.165) is 12.8 Å². The summed E-state index contributed by atoms with van der Waals surface area (Å²) in [6.07, 6.45) is 6.69. The van der Waals surface area contributed by atoms with Crippen LogP contribution in [0.5, 0.6) is 0 Å². The second-order valence-electron chi connectivity index (χ2n) is 4.65. The van der Waals surface area contributed by atoms with E-state index in [2.05, 4.69) is 17.2 Å². The summed E-state index contributed by atoms with van der Waals surface area (Å²) in [6, 6.07) is 0. The maximum Gasteiger partial charge on any atom is 0.271 e. The molecule has 5 nitrogen and oxygen atoms in total. The van der Waals surface area contributed by atoms with Crippen molar-refractivity contribution in [1.82, 2.24) is 14.9 Å². The number of aromatic nitrogens is 2. The number of nitrogens with one attached hydrogen (secondary N) is 1. The lowest BCUT2D eigenvalue weighted by molar-refractivity contribution is 0.0845. The van der Waals surface area contributed by atoms with Crippen molar-refractivity contribution in [2.45, 2.75) is 38.3 Å². The SMILES string of the molecule is CC1(NC(=O)c2cn(CCN)cn2)CCC1. The van der Waals surface area contributed by atoms with Gasteiger partial charge in [0, 0.05) is 24.8 Å². The summed E-state index contributed by atoms with van der Waals surface area (Å²) in [5, 5.41) is 3.02. The number of hydrogen-bond acceptors (Lipinski definition) is 3. The van der Waals surface area contributed by atoms with E-state index in [4.69, 9.17) is 5.73 Å². The van der Waals surface area contributed by atoms with Gasteiger partial charge in [-0.05, 0) is 26.2 Å². The van der Waals surface area contributed by atoms with Crippen LogP contribution in [0.4, 0.5) is 0 Å². The van der Waals surface area contributed by atoms with Crippen LogP contribution in [0.1, 0.15) is 36.7 Å². The lowest BCUT2D eigenvalue weighted by Gasteiger charge is -2.38. The van der Waals surface area contributed by atoms with Crippen LogP contribution < -0.4 is 11.1 Å². The first kappa shape index (κ1) is 11.1. The van der Waals surface area contributed by atoms with E-state index in [0.29, 0.717) is 18.8 Å². The molecule has 1 aromatic rings. The maximum absolute atomic E-state index is 11.9. The zero-order valence-corrected chi connectivity index (χ0v) is 9.57. The molecule has 1 aliphatic rings. The van der Waals surface area contributed by atoms with Crippen LogP contribution in [-0.2, 0) is 6.54 Å². The van der Waals surface area contributed by atoms with Crippen molar-refractivity contribution in [1.29, 1.82) is 0 Å². The van der Waals surface area contributed by atoms with Crippen molar-refractivity contribution in [2.75, 3.05) is 6.54 Å². The second-order valence-corrected chi connectivity index (χ2v) is 4.65. The predicted molar refractivity (Wildman–Crippen MR) is 61.0 cm³/mol. The minimum atomic E-state index is -0.0852. The Kier molecular flexibility index (Phi) is 2.96. The van der Waals surface area contributed by atoms with Gasteiger partial charge in [-0.1, -0.05) is 0 Å². The fraction of sp³-hybridized carbons (Fsp3) is 0.636. The minimum Gasteiger partial charge on any atom is -0.345 e. The highest BCUT2D eigenvalue weighted by molar-refractivity contribution is 5.92. The van der Waals surface area contributed by atoms with Crippen molar-refractivity contribution in [2.24, 2.45) is 5.73 Å². The first-order chi connectivity index (χ1) is 7.63. The average Bonchev–Trinajstić information content (AvgIpc) is 2.64. The van der Waals surface area contributed by atoms with E-state index in [1.54, 1.807) is 12.5 Å². The third kappa shape index (κ3) is 2.24. The van der Waals surface area contributed by atoms with Crippen LogP contribution in [0, 0.1) is 0 Å². The standard InChI is InChI=1S/C11H18N4O/c1-11(3-2-4-11)14-10(16)9-7-15(6-5-12)8-13-9/h7-8H,2-6,12H2,1H3,(H,14,16). The molecule has 0 spiro atoms. The van der Waals surface area contributed by atoms with Gasteiger partial charge < -0.3 is 15.6 Å². The van der Waals surface area contributed by atoms with Crippen LogP contribution in [0.25, 0.3) is 0 Å². The molecule has 0 bridgehead atoms. The number of rotatable bonds is 4. The minimum absolute atomic E-state index is 0.0191. The molecule has 0 radical (unpaired) electrons. The molecule has 3 N–H and O–H groups in total. The zero-order valence-electron chi connectivity index (χ0n) is 9.57. The van der Waals surface area contributed by atoms with Crippen molar-refractivity contribution in [3.8, 4) is 0 Å². The molecule has 1 amide bonds. The van der Waals surface area contributed by atoms with Gasteiger partial charge in [0.2, 0.25) is 0 Å². The van der Waals surface area contributed by atoms with Gasteiger partial charge in [-0.3, -0.25) is 4.79 Å². The Morgan fingerprint density at radius 1 is 1.69 bits per heavy atom. The fourth-order valence-electron chi connectivity index (χ4n) is 1.92. The van der Waals surface area contributed by atoms with E-state index in [9.17, 15) is 4.79 Å².